The first kappa shape index (κ1) is 25.7. The van der Waals surface area contributed by atoms with Crippen molar-refractivity contribution in [1.29, 1.82) is 0 Å². The van der Waals surface area contributed by atoms with Crippen molar-refractivity contribution in [3.63, 3.8) is 0 Å². The van der Waals surface area contributed by atoms with Gasteiger partial charge in [0.15, 0.2) is 0 Å². The van der Waals surface area contributed by atoms with E-state index in [1.807, 2.05) is 18.7 Å². The van der Waals surface area contributed by atoms with Crippen LogP contribution in [0.5, 0.6) is 0 Å². The third kappa shape index (κ3) is 6.14. The summed E-state index contributed by atoms with van der Waals surface area (Å²) in [5, 5.41) is 2.23. The van der Waals surface area contributed by atoms with Gasteiger partial charge in [-0.1, -0.05) is 19.9 Å². The minimum Gasteiger partial charge on any atom is -0.368 e. The van der Waals surface area contributed by atoms with Crippen LogP contribution in [0.4, 0.5) is 29.1 Å². The van der Waals surface area contributed by atoms with Gasteiger partial charge in [0.2, 0.25) is 0 Å². The Labute approximate surface area is 200 Å². The number of pyridine rings is 1. The molecule has 4 rings (SSSR count). The molecule has 1 aliphatic rings. The lowest BCUT2D eigenvalue weighted by atomic mass is 10.1. The van der Waals surface area contributed by atoms with E-state index in [0.717, 1.165) is 5.69 Å². The lowest BCUT2D eigenvalue weighted by molar-refractivity contribution is 0.0740. The Bertz CT molecular complexity index is 1170. The number of halogens is 4. The second kappa shape index (κ2) is 11.5. The first-order valence-electron chi connectivity index (χ1n) is 11.0. The topological polar surface area (TPSA) is 65.5 Å². The van der Waals surface area contributed by atoms with E-state index in [4.69, 9.17) is 0 Å². The average Bonchev–Trinajstić information content (AvgIpc) is 2.85. The molecular weight excluding hydrogens is 464 g/mol. The molecular formula is C25H24F4N4O2. The summed E-state index contributed by atoms with van der Waals surface area (Å²) in [5.41, 5.74) is -0.0541. The van der Waals surface area contributed by atoms with Gasteiger partial charge in [0.05, 0.1) is 0 Å². The van der Waals surface area contributed by atoms with Crippen LogP contribution in [-0.4, -0.2) is 47.9 Å². The summed E-state index contributed by atoms with van der Waals surface area (Å²) in [6, 6.07) is 11.2. The molecule has 6 nitrogen and oxygen atoms in total. The van der Waals surface area contributed by atoms with Crippen molar-refractivity contribution in [2.75, 3.05) is 36.4 Å². The molecule has 1 N–H and O–H groups in total. The zero-order valence-corrected chi connectivity index (χ0v) is 19.2. The van der Waals surface area contributed by atoms with Crippen LogP contribution in [0.1, 0.15) is 34.7 Å². The molecule has 0 saturated carbocycles. The molecule has 0 bridgehead atoms. The summed E-state index contributed by atoms with van der Waals surface area (Å²) in [5.74, 6) is -5.78. The van der Waals surface area contributed by atoms with Crippen molar-refractivity contribution in [2.45, 2.75) is 13.8 Å². The zero-order chi connectivity index (χ0) is 25.5. The normalized spacial score (nSPS) is 13.1. The van der Waals surface area contributed by atoms with Crippen LogP contribution in [0.2, 0.25) is 0 Å². The molecule has 0 atom stereocenters. The SMILES string of the molecule is CC.O=C(Nc1cccc(C(=O)N2CCN(c3ccc(F)cc3)CC2)n1)c1c(F)cc(F)cc1F. The minimum atomic E-state index is -1.35. The fourth-order valence-electron chi connectivity index (χ4n) is 3.54. The van der Waals surface area contributed by atoms with Crippen molar-refractivity contribution < 1.29 is 27.2 Å². The fraction of sp³-hybridized carbons (Fsp3) is 0.240. The Kier molecular flexibility index (Phi) is 8.40. The Hall–Kier alpha value is -3.95. The van der Waals surface area contributed by atoms with Crippen molar-refractivity contribution in [3.05, 3.63) is 89.1 Å². The molecule has 1 aromatic heterocycles. The first-order valence-corrected chi connectivity index (χ1v) is 11.0. The van der Waals surface area contributed by atoms with Gasteiger partial charge >= 0.3 is 0 Å². The number of hydrogen-bond donors (Lipinski definition) is 1. The maximum atomic E-state index is 13.8. The Morgan fingerprint density at radius 3 is 2.03 bits per heavy atom. The highest BCUT2D eigenvalue weighted by Crippen LogP contribution is 2.19. The van der Waals surface area contributed by atoms with E-state index in [0.29, 0.717) is 38.3 Å². The number of anilines is 2. The van der Waals surface area contributed by atoms with Crippen molar-refractivity contribution >= 4 is 23.3 Å². The lowest BCUT2D eigenvalue weighted by Crippen LogP contribution is -2.49. The summed E-state index contributed by atoms with van der Waals surface area (Å²) >= 11 is 0. The highest BCUT2D eigenvalue weighted by Gasteiger charge is 2.24. The van der Waals surface area contributed by atoms with Crippen LogP contribution in [0.3, 0.4) is 0 Å². The third-order valence-electron chi connectivity index (χ3n) is 5.20. The van der Waals surface area contributed by atoms with Gasteiger partial charge in [-0.3, -0.25) is 9.59 Å². The van der Waals surface area contributed by atoms with Crippen LogP contribution >= 0.6 is 0 Å². The van der Waals surface area contributed by atoms with Crippen molar-refractivity contribution in [3.8, 4) is 0 Å². The minimum absolute atomic E-state index is 0.0445. The molecule has 0 aliphatic carbocycles. The number of piperazine rings is 1. The van der Waals surface area contributed by atoms with E-state index in [-0.39, 0.29) is 23.2 Å². The monoisotopic (exact) mass is 488 g/mol. The summed E-state index contributed by atoms with van der Waals surface area (Å²) < 4.78 is 53.9. The first-order chi connectivity index (χ1) is 16.8. The van der Waals surface area contributed by atoms with E-state index < -0.39 is 28.9 Å². The van der Waals surface area contributed by atoms with Gasteiger partial charge in [-0.15, -0.1) is 0 Å². The lowest BCUT2D eigenvalue weighted by Gasteiger charge is -2.36. The largest absolute Gasteiger partial charge is 0.368 e. The molecule has 0 spiro atoms. The third-order valence-corrected chi connectivity index (χ3v) is 5.20. The van der Waals surface area contributed by atoms with E-state index in [1.165, 1.54) is 30.3 Å². The number of benzene rings is 2. The summed E-state index contributed by atoms with van der Waals surface area (Å²) in [4.78, 5) is 32.8. The number of rotatable bonds is 4. The molecule has 3 aromatic rings. The van der Waals surface area contributed by atoms with Crippen LogP contribution < -0.4 is 10.2 Å². The summed E-state index contributed by atoms with van der Waals surface area (Å²) in [6.45, 7) is 5.88. The second-order valence-corrected chi connectivity index (χ2v) is 7.36. The number of nitrogens with zero attached hydrogens (tertiary/aromatic N) is 3. The predicted molar refractivity (Wildman–Crippen MR) is 124 cm³/mol. The molecule has 10 heteroatoms. The van der Waals surface area contributed by atoms with E-state index in [2.05, 4.69) is 10.3 Å². The molecule has 2 aromatic carbocycles. The molecule has 0 radical (unpaired) electrons. The number of aromatic nitrogens is 1. The van der Waals surface area contributed by atoms with Gasteiger partial charge in [0.25, 0.3) is 11.8 Å². The number of carbonyl (C=O) groups is 2. The molecule has 35 heavy (non-hydrogen) atoms. The Balaban J connectivity index is 0.00000167. The average molecular weight is 488 g/mol. The fourth-order valence-corrected chi connectivity index (χ4v) is 3.54. The highest BCUT2D eigenvalue weighted by atomic mass is 19.1. The van der Waals surface area contributed by atoms with Gasteiger partial charge in [-0.25, -0.2) is 22.5 Å². The van der Waals surface area contributed by atoms with E-state index >= 15 is 0 Å². The van der Waals surface area contributed by atoms with Crippen molar-refractivity contribution in [1.82, 2.24) is 9.88 Å². The summed E-state index contributed by atoms with van der Waals surface area (Å²) in [6.07, 6.45) is 0. The predicted octanol–water partition coefficient (Wildman–Crippen LogP) is 4.88. The number of amides is 2. The van der Waals surface area contributed by atoms with Gasteiger partial charge in [-0.05, 0) is 36.4 Å². The quantitative estimate of drug-likeness (QED) is 0.532. The van der Waals surface area contributed by atoms with Crippen LogP contribution in [0, 0.1) is 23.3 Å². The van der Waals surface area contributed by atoms with Crippen LogP contribution in [-0.2, 0) is 0 Å². The number of nitrogens with one attached hydrogen (secondary N) is 1. The standard InChI is InChI=1S/C23H18F4N4O2.C2H6/c24-14-4-6-16(7-5-14)30-8-10-31(11-9-30)23(33)19-2-1-3-20(28-19)29-22(32)21-17(26)12-15(25)13-18(21)27;1-2/h1-7,12-13H,8-11H2,(H,28,29,32);1-2H3. The Morgan fingerprint density at radius 1 is 0.829 bits per heavy atom. The van der Waals surface area contributed by atoms with Gasteiger partial charge in [0, 0.05) is 44.0 Å². The smallest absolute Gasteiger partial charge is 0.272 e. The van der Waals surface area contributed by atoms with E-state index in [1.54, 1.807) is 17.0 Å². The maximum absolute atomic E-state index is 13.8. The molecule has 0 unspecified atom stereocenters. The van der Waals surface area contributed by atoms with Crippen LogP contribution in [0.25, 0.3) is 0 Å². The van der Waals surface area contributed by atoms with E-state index in [9.17, 15) is 27.2 Å². The van der Waals surface area contributed by atoms with Crippen LogP contribution in [0.15, 0.2) is 54.6 Å². The second-order valence-electron chi connectivity index (χ2n) is 7.36. The molecule has 184 valence electrons. The molecule has 1 fully saturated rings. The number of carbonyl (C=O) groups excluding carboxylic acids is 2. The molecule has 1 saturated heterocycles. The van der Waals surface area contributed by atoms with Crippen molar-refractivity contribution in [2.24, 2.45) is 0 Å². The van der Waals surface area contributed by atoms with Gasteiger partial charge < -0.3 is 15.1 Å². The molecule has 1 aliphatic heterocycles. The molecule has 2 heterocycles. The summed E-state index contributed by atoms with van der Waals surface area (Å²) in [7, 11) is 0. The maximum Gasteiger partial charge on any atom is 0.272 e. The number of hydrogen-bond acceptors (Lipinski definition) is 4. The van der Waals surface area contributed by atoms with Gasteiger partial charge in [-0.2, -0.15) is 0 Å². The van der Waals surface area contributed by atoms with Gasteiger partial charge in [0.1, 0.15) is 40.3 Å². The Morgan fingerprint density at radius 2 is 1.43 bits per heavy atom. The highest BCUT2D eigenvalue weighted by molar-refractivity contribution is 6.04. The molecule has 2 amide bonds. The zero-order valence-electron chi connectivity index (χ0n) is 19.2.